The summed E-state index contributed by atoms with van der Waals surface area (Å²) in [6, 6.07) is 34.8. The van der Waals surface area contributed by atoms with Gasteiger partial charge in [0.05, 0.1) is 12.1 Å². The fourth-order valence-corrected chi connectivity index (χ4v) is 5.07. The van der Waals surface area contributed by atoms with Gasteiger partial charge in [-0.2, -0.15) is 0 Å². The molecule has 0 saturated heterocycles. The first kappa shape index (κ1) is 21.9. The highest BCUT2D eigenvalue weighted by atomic mass is 16.5. The Kier molecular flexibility index (Phi) is 5.62. The van der Waals surface area contributed by atoms with Crippen molar-refractivity contribution >= 4 is 38.4 Å². The zero-order chi connectivity index (χ0) is 24.5. The molecule has 0 aliphatic carbocycles. The molecule has 36 heavy (non-hydrogen) atoms. The van der Waals surface area contributed by atoms with Crippen LogP contribution in [0.15, 0.2) is 103 Å². The Morgan fingerprint density at radius 3 is 2.33 bits per heavy atom. The summed E-state index contributed by atoms with van der Waals surface area (Å²) in [5, 5.41) is 15.5. The zero-order valence-corrected chi connectivity index (χ0v) is 19.7. The summed E-state index contributed by atoms with van der Waals surface area (Å²) < 4.78 is 6.11. The number of carboxylic acid groups (broad SMARTS) is 1. The molecule has 2 N–H and O–H groups in total. The third-order valence-electron chi connectivity index (χ3n) is 6.79. The molecule has 6 aromatic rings. The maximum atomic E-state index is 12.2. The number of nitrogens with one attached hydrogen (secondary N) is 1. The SMILES string of the molecule is O=C(O)c1[nH]c2c(-c3ccc4ccccc4c3)cccc2c1CCCOc1cccc2ccccc12. The topological polar surface area (TPSA) is 62.3 Å². The van der Waals surface area contributed by atoms with Gasteiger partial charge < -0.3 is 14.8 Å². The van der Waals surface area contributed by atoms with E-state index in [1.165, 1.54) is 5.39 Å². The average Bonchev–Trinajstić information content (AvgIpc) is 3.30. The highest BCUT2D eigenvalue weighted by molar-refractivity contribution is 6.04. The van der Waals surface area contributed by atoms with Gasteiger partial charge in [0.2, 0.25) is 0 Å². The number of H-pyrrole nitrogens is 1. The first-order valence-corrected chi connectivity index (χ1v) is 12.2. The fraction of sp³-hybridized carbons (Fsp3) is 0.0938. The quantitative estimate of drug-likeness (QED) is 0.233. The van der Waals surface area contributed by atoms with E-state index in [2.05, 4.69) is 53.5 Å². The number of aryl methyl sites for hydroxylation is 1. The van der Waals surface area contributed by atoms with Crippen LogP contribution in [0.1, 0.15) is 22.5 Å². The highest BCUT2D eigenvalue weighted by Crippen LogP contribution is 2.34. The van der Waals surface area contributed by atoms with Crippen LogP contribution in [0.3, 0.4) is 0 Å². The van der Waals surface area contributed by atoms with E-state index in [4.69, 9.17) is 4.74 Å². The van der Waals surface area contributed by atoms with Crippen molar-refractivity contribution in [3.05, 3.63) is 114 Å². The van der Waals surface area contributed by atoms with Crippen LogP contribution in [0.5, 0.6) is 5.75 Å². The number of carbonyl (C=O) groups is 1. The van der Waals surface area contributed by atoms with E-state index < -0.39 is 5.97 Å². The average molecular weight is 472 g/mol. The van der Waals surface area contributed by atoms with Gasteiger partial charge in [-0.15, -0.1) is 0 Å². The lowest BCUT2D eigenvalue weighted by molar-refractivity contribution is 0.0690. The minimum atomic E-state index is -0.944. The molecule has 0 aliphatic heterocycles. The number of ether oxygens (including phenoxy) is 1. The van der Waals surface area contributed by atoms with Crippen LogP contribution in [-0.2, 0) is 6.42 Å². The molecular weight excluding hydrogens is 446 g/mol. The molecule has 1 heterocycles. The van der Waals surface area contributed by atoms with Crippen LogP contribution in [0.4, 0.5) is 0 Å². The molecule has 0 aliphatic rings. The van der Waals surface area contributed by atoms with E-state index >= 15 is 0 Å². The van der Waals surface area contributed by atoms with Gasteiger partial charge >= 0.3 is 5.97 Å². The Balaban J connectivity index is 1.29. The number of para-hydroxylation sites is 1. The number of fused-ring (bicyclic) bond motifs is 3. The summed E-state index contributed by atoms with van der Waals surface area (Å²) in [6.45, 7) is 0.504. The van der Waals surface area contributed by atoms with Gasteiger partial charge in [0.25, 0.3) is 0 Å². The molecule has 0 spiro atoms. The molecular formula is C32H25NO3. The number of hydrogen-bond donors (Lipinski definition) is 2. The maximum Gasteiger partial charge on any atom is 0.352 e. The molecule has 5 aromatic carbocycles. The Hall–Kier alpha value is -4.57. The number of carboxylic acids is 1. The highest BCUT2D eigenvalue weighted by Gasteiger charge is 2.19. The largest absolute Gasteiger partial charge is 0.493 e. The van der Waals surface area contributed by atoms with Crippen LogP contribution in [-0.4, -0.2) is 22.7 Å². The van der Waals surface area contributed by atoms with Gasteiger partial charge in [0.15, 0.2) is 0 Å². The molecule has 4 heteroatoms. The van der Waals surface area contributed by atoms with Gasteiger partial charge in [-0.25, -0.2) is 4.79 Å². The minimum Gasteiger partial charge on any atom is -0.493 e. The second-order valence-corrected chi connectivity index (χ2v) is 9.00. The predicted molar refractivity (Wildman–Crippen MR) is 146 cm³/mol. The van der Waals surface area contributed by atoms with Crippen LogP contribution >= 0.6 is 0 Å². The molecule has 0 unspecified atom stereocenters. The zero-order valence-electron chi connectivity index (χ0n) is 19.7. The number of aromatic carboxylic acids is 1. The molecule has 0 saturated carbocycles. The molecule has 0 radical (unpaired) electrons. The second kappa shape index (κ2) is 9.23. The van der Waals surface area contributed by atoms with Crippen molar-refractivity contribution in [3.63, 3.8) is 0 Å². The lowest BCUT2D eigenvalue weighted by Crippen LogP contribution is -2.04. The Labute approximate surface area is 208 Å². The first-order chi connectivity index (χ1) is 17.7. The van der Waals surface area contributed by atoms with Crippen LogP contribution in [0.2, 0.25) is 0 Å². The maximum absolute atomic E-state index is 12.2. The van der Waals surface area contributed by atoms with Crippen LogP contribution in [0.25, 0.3) is 43.6 Å². The van der Waals surface area contributed by atoms with Crippen molar-refractivity contribution in [1.82, 2.24) is 4.98 Å². The smallest absolute Gasteiger partial charge is 0.352 e. The number of rotatable bonds is 7. The fourth-order valence-electron chi connectivity index (χ4n) is 5.07. The van der Waals surface area contributed by atoms with E-state index in [0.29, 0.717) is 19.4 Å². The van der Waals surface area contributed by atoms with Gasteiger partial charge in [0, 0.05) is 16.3 Å². The summed E-state index contributed by atoms with van der Waals surface area (Å²) in [6.07, 6.45) is 1.31. The summed E-state index contributed by atoms with van der Waals surface area (Å²) in [5.41, 5.74) is 3.99. The lowest BCUT2D eigenvalue weighted by atomic mass is 9.98. The van der Waals surface area contributed by atoms with Gasteiger partial charge in [-0.1, -0.05) is 91.0 Å². The molecule has 6 rings (SSSR count). The summed E-state index contributed by atoms with van der Waals surface area (Å²) in [7, 11) is 0. The Morgan fingerprint density at radius 2 is 1.47 bits per heavy atom. The van der Waals surface area contributed by atoms with E-state index in [9.17, 15) is 9.90 Å². The van der Waals surface area contributed by atoms with Crippen molar-refractivity contribution in [3.8, 4) is 16.9 Å². The second-order valence-electron chi connectivity index (χ2n) is 9.00. The molecule has 0 bridgehead atoms. The Bertz CT molecular complexity index is 1730. The van der Waals surface area contributed by atoms with E-state index in [1.54, 1.807) is 0 Å². The number of aromatic amines is 1. The molecule has 0 amide bonds. The molecule has 1 aromatic heterocycles. The van der Waals surface area contributed by atoms with Crippen molar-refractivity contribution in [2.75, 3.05) is 6.61 Å². The molecule has 176 valence electrons. The summed E-state index contributed by atoms with van der Waals surface area (Å²) >= 11 is 0. The van der Waals surface area contributed by atoms with Gasteiger partial charge in [-0.3, -0.25) is 0 Å². The number of hydrogen-bond acceptors (Lipinski definition) is 2. The van der Waals surface area contributed by atoms with E-state index in [-0.39, 0.29) is 5.69 Å². The van der Waals surface area contributed by atoms with Gasteiger partial charge in [0.1, 0.15) is 11.4 Å². The monoisotopic (exact) mass is 471 g/mol. The van der Waals surface area contributed by atoms with Crippen molar-refractivity contribution in [2.45, 2.75) is 12.8 Å². The molecule has 0 fully saturated rings. The van der Waals surface area contributed by atoms with E-state index in [1.807, 2.05) is 54.6 Å². The lowest BCUT2D eigenvalue weighted by Gasteiger charge is -2.09. The minimum absolute atomic E-state index is 0.253. The molecule has 4 nitrogen and oxygen atoms in total. The first-order valence-electron chi connectivity index (χ1n) is 12.2. The Morgan fingerprint density at radius 1 is 0.750 bits per heavy atom. The number of benzene rings is 5. The van der Waals surface area contributed by atoms with Crippen LogP contribution in [0, 0.1) is 0 Å². The van der Waals surface area contributed by atoms with Gasteiger partial charge in [-0.05, 0) is 52.3 Å². The van der Waals surface area contributed by atoms with Crippen molar-refractivity contribution < 1.29 is 14.6 Å². The third-order valence-corrected chi connectivity index (χ3v) is 6.79. The standard InChI is InChI=1S/C32H25NO3/c34-32(35)31-28(15-7-19-36-29-16-5-11-22-9-3-4-12-25(22)29)27-14-6-13-26(30(27)33-31)24-18-17-21-8-1-2-10-23(21)20-24/h1-6,8-14,16-18,20,33H,7,15,19H2,(H,34,35). The predicted octanol–water partition coefficient (Wildman–Crippen LogP) is 7.85. The summed E-state index contributed by atoms with van der Waals surface area (Å²) in [5.74, 6) is -0.0929. The number of aromatic nitrogens is 1. The van der Waals surface area contributed by atoms with Crippen molar-refractivity contribution in [2.24, 2.45) is 0 Å². The van der Waals surface area contributed by atoms with Crippen LogP contribution < -0.4 is 4.74 Å². The van der Waals surface area contributed by atoms with Crippen molar-refractivity contribution in [1.29, 1.82) is 0 Å². The third kappa shape index (κ3) is 3.97. The normalized spacial score (nSPS) is 11.3. The summed E-state index contributed by atoms with van der Waals surface area (Å²) in [4.78, 5) is 15.4. The van der Waals surface area contributed by atoms with E-state index in [0.717, 1.165) is 49.5 Å². The molecule has 0 atom stereocenters.